The van der Waals surface area contributed by atoms with Crippen molar-refractivity contribution in [1.82, 2.24) is 14.6 Å². The molecule has 0 aliphatic carbocycles. The Morgan fingerprint density at radius 2 is 2.38 bits per heavy atom. The molecule has 13 heavy (non-hydrogen) atoms. The van der Waals surface area contributed by atoms with Crippen LogP contribution in [0.4, 0.5) is 0 Å². The average Bonchev–Trinajstić information content (AvgIpc) is 2.53. The second kappa shape index (κ2) is 2.73. The summed E-state index contributed by atoms with van der Waals surface area (Å²) in [7, 11) is 0. The van der Waals surface area contributed by atoms with Gasteiger partial charge in [-0.15, -0.1) is 0 Å². The van der Waals surface area contributed by atoms with Crippen molar-refractivity contribution in [3.63, 3.8) is 0 Å². The minimum absolute atomic E-state index is 0.00926. The zero-order valence-corrected chi connectivity index (χ0v) is 7.66. The van der Waals surface area contributed by atoms with E-state index in [1.807, 2.05) is 19.9 Å². The van der Waals surface area contributed by atoms with E-state index in [1.165, 1.54) is 10.8 Å². The molecule has 2 heterocycles. The Kier molecular flexibility index (Phi) is 1.69. The van der Waals surface area contributed by atoms with E-state index in [4.69, 9.17) is 0 Å². The number of nitrogens with one attached hydrogen (secondary N) is 1. The lowest BCUT2D eigenvalue weighted by Crippen LogP contribution is -2.19. The van der Waals surface area contributed by atoms with Gasteiger partial charge in [-0.05, 0) is 25.0 Å². The van der Waals surface area contributed by atoms with Gasteiger partial charge in [0.1, 0.15) is 6.33 Å². The van der Waals surface area contributed by atoms with E-state index in [9.17, 15) is 4.79 Å². The molecule has 0 spiro atoms. The molecule has 0 bridgehead atoms. The van der Waals surface area contributed by atoms with Crippen LogP contribution < -0.4 is 5.56 Å². The van der Waals surface area contributed by atoms with Gasteiger partial charge < -0.3 is 0 Å². The highest BCUT2D eigenvalue weighted by atomic mass is 16.1. The van der Waals surface area contributed by atoms with E-state index < -0.39 is 0 Å². The van der Waals surface area contributed by atoms with Crippen LogP contribution in [-0.2, 0) is 6.42 Å². The Bertz CT molecular complexity index is 495. The first-order valence-corrected chi connectivity index (χ1v) is 4.28. The van der Waals surface area contributed by atoms with Crippen LogP contribution in [0, 0.1) is 6.92 Å². The predicted molar refractivity (Wildman–Crippen MR) is 49.9 cm³/mol. The fourth-order valence-corrected chi connectivity index (χ4v) is 1.56. The number of hydrogen-bond acceptors (Lipinski definition) is 2. The number of aromatic amines is 1. The quantitative estimate of drug-likeness (QED) is 0.703. The topological polar surface area (TPSA) is 50.2 Å². The molecule has 0 amide bonds. The van der Waals surface area contributed by atoms with E-state index in [0.29, 0.717) is 5.65 Å². The monoisotopic (exact) mass is 177 g/mol. The van der Waals surface area contributed by atoms with Crippen molar-refractivity contribution in [1.29, 1.82) is 0 Å². The highest BCUT2D eigenvalue weighted by Gasteiger charge is 2.06. The minimum atomic E-state index is 0.00926. The molecular formula is C9H11N3O. The molecule has 2 rings (SSSR count). The molecule has 0 radical (unpaired) electrons. The third-order valence-corrected chi connectivity index (χ3v) is 2.25. The van der Waals surface area contributed by atoms with Crippen molar-refractivity contribution in [3.8, 4) is 0 Å². The zero-order chi connectivity index (χ0) is 9.42. The fraction of sp³-hybridized carbons (Fsp3) is 0.333. The molecule has 0 aliphatic rings. The summed E-state index contributed by atoms with van der Waals surface area (Å²) in [6.07, 6.45) is 2.28. The molecule has 2 aromatic heterocycles. The Morgan fingerprint density at radius 3 is 3.08 bits per heavy atom. The van der Waals surface area contributed by atoms with Crippen molar-refractivity contribution in [2.24, 2.45) is 0 Å². The molecule has 1 N–H and O–H groups in total. The maximum atomic E-state index is 11.7. The Morgan fingerprint density at radius 1 is 1.62 bits per heavy atom. The Balaban J connectivity index is 2.93. The number of aromatic nitrogens is 3. The van der Waals surface area contributed by atoms with Crippen molar-refractivity contribution in [3.05, 3.63) is 33.9 Å². The summed E-state index contributed by atoms with van der Waals surface area (Å²) in [4.78, 5) is 15.8. The molecule has 0 unspecified atom stereocenters. The smallest absolute Gasteiger partial charge is 0.274 e. The third kappa shape index (κ3) is 1.06. The van der Waals surface area contributed by atoms with Crippen molar-refractivity contribution < 1.29 is 0 Å². The number of H-pyrrole nitrogens is 1. The van der Waals surface area contributed by atoms with Crippen molar-refractivity contribution >= 4 is 5.65 Å². The maximum Gasteiger partial charge on any atom is 0.274 e. The molecule has 0 aromatic carbocycles. The van der Waals surface area contributed by atoms with Crippen LogP contribution in [0.15, 0.2) is 17.2 Å². The number of aryl methyl sites for hydroxylation is 1. The first-order chi connectivity index (χ1) is 6.24. The SMILES string of the molecule is CCc1c(C)cc2nc[nH]n2c1=O. The number of nitrogens with zero attached hydrogens (tertiary/aromatic N) is 2. The van der Waals surface area contributed by atoms with Crippen LogP contribution in [0.25, 0.3) is 5.65 Å². The number of fused-ring (bicyclic) bond motifs is 1. The second-order valence-corrected chi connectivity index (χ2v) is 3.05. The summed E-state index contributed by atoms with van der Waals surface area (Å²) in [6.45, 7) is 3.92. The Hall–Kier alpha value is -1.58. The lowest BCUT2D eigenvalue weighted by atomic mass is 10.1. The molecule has 0 saturated carbocycles. The second-order valence-electron chi connectivity index (χ2n) is 3.05. The van der Waals surface area contributed by atoms with Crippen LogP contribution in [0.1, 0.15) is 18.1 Å². The summed E-state index contributed by atoms with van der Waals surface area (Å²) in [5.74, 6) is 0. The normalized spacial score (nSPS) is 10.9. The van der Waals surface area contributed by atoms with Gasteiger partial charge in [0.2, 0.25) is 0 Å². The molecule has 0 saturated heterocycles. The summed E-state index contributed by atoms with van der Waals surface area (Å²) < 4.78 is 1.46. The van der Waals surface area contributed by atoms with Gasteiger partial charge in [0.15, 0.2) is 5.65 Å². The Labute approximate surface area is 75.2 Å². The minimum Gasteiger partial charge on any atom is -0.279 e. The van der Waals surface area contributed by atoms with E-state index >= 15 is 0 Å². The molecular weight excluding hydrogens is 166 g/mol. The van der Waals surface area contributed by atoms with Crippen LogP contribution in [0.5, 0.6) is 0 Å². The van der Waals surface area contributed by atoms with Crippen LogP contribution in [0.3, 0.4) is 0 Å². The first-order valence-electron chi connectivity index (χ1n) is 4.28. The van der Waals surface area contributed by atoms with Gasteiger partial charge in [0, 0.05) is 5.56 Å². The largest absolute Gasteiger partial charge is 0.279 e. The molecule has 4 nitrogen and oxygen atoms in total. The van der Waals surface area contributed by atoms with Crippen LogP contribution in [0.2, 0.25) is 0 Å². The molecule has 0 aliphatic heterocycles. The molecule has 4 heteroatoms. The lowest BCUT2D eigenvalue weighted by Gasteiger charge is -2.01. The van der Waals surface area contributed by atoms with Gasteiger partial charge in [0.25, 0.3) is 5.56 Å². The highest BCUT2D eigenvalue weighted by molar-refractivity contribution is 5.42. The summed E-state index contributed by atoms with van der Waals surface area (Å²) in [5, 5.41) is 2.78. The number of hydrogen-bond donors (Lipinski definition) is 1. The van der Waals surface area contributed by atoms with E-state index in [2.05, 4.69) is 10.1 Å². The molecule has 2 aromatic rings. The highest BCUT2D eigenvalue weighted by Crippen LogP contribution is 2.05. The van der Waals surface area contributed by atoms with E-state index in [-0.39, 0.29) is 5.56 Å². The summed E-state index contributed by atoms with van der Waals surface area (Å²) >= 11 is 0. The van der Waals surface area contributed by atoms with E-state index in [0.717, 1.165) is 17.5 Å². The number of pyridine rings is 1. The standard InChI is InChI=1S/C9H11N3O/c1-3-7-6(2)4-8-10-5-11-12(8)9(7)13/h4-5H,3H2,1-2H3,(H,10,11). The predicted octanol–water partition coefficient (Wildman–Crippen LogP) is 0.893. The summed E-state index contributed by atoms with van der Waals surface area (Å²) in [5.41, 5.74) is 2.55. The van der Waals surface area contributed by atoms with Crippen LogP contribution in [-0.4, -0.2) is 14.6 Å². The lowest BCUT2D eigenvalue weighted by molar-refractivity contribution is 0.883. The number of rotatable bonds is 1. The van der Waals surface area contributed by atoms with Crippen LogP contribution >= 0.6 is 0 Å². The van der Waals surface area contributed by atoms with Gasteiger partial charge in [-0.2, -0.15) is 0 Å². The fourth-order valence-electron chi connectivity index (χ4n) is 1.56. The van der Waals surface area contributed by atoms with Crippen molar-refractivity contribution in [2.75, 3.05) is 0 Å². The van der Waals surface area contributed by atoms with E-state index in [1.54, 1.807) is 0 Å². The first kappa shape index (κ1) is 8.04. The zero-order valence-electron chi connectivity index (χ0n) is 7.66. The molecule has 0 atom stereocenters. The van der Waals surface area contributed by atoms with Crippen molar-refractivity contribution in [2.45, 2.75) is 20.3 Å². The maximum absolute atomic E-state index is 11.7. The van der Waals surface area contributed by atoms with Gasteiger partial charge in [-0.3, -0.25) is 9.89 Å². The molecule has 68 valence electrons. The van der Waals surface area contributed by atoms with Gasteiger partial charge in [0.05, 0.1) is 0 Å². The average molecular weight is 177 g/mol. The van der Waals surface area contributed by atoms with Gasteiger partial charge >= 0.3 is 0 Å². The molecule has 0 fully saturated rings. The summed E-state index contributed by atoms with van der Waals surface area (Å²) in [6, 6.07) is 1.91. The van der Waals surface area contributed by atoms with Gasteiger partial charge in [-0.1, -0.05) is 6.92 Å². The third-order valence-electron chi connectivity index (χ3n) is 2.25. The van der Waals surface area contributed by atoms with Gasteiger partial charge in [-0.25, -0.2) is 9.50 Å².